The number of guanidine groups is 1. The SMILES string of the molecule is CN=C(NCCn1cccn1)N1CCC(COCCOC)C1.I. The van der Waals surface area contributed by atoms with Crippen LogP contribution in [-0.2, 0) is 16.0 Å². The lowest BCUT2D eigenvalue weighted by Crippen LogP contribution is -2.41. The second-order valence-corrected chi connectivity index (χ2v) is 5.41. The number of hydrogen-bond acceptors (Lipinski definition) is 4. The van der Waals surface area contributed by atoms with E-state index in [0.717, 1.165) is 45.2 Å². The number of hydrogen-bond donors (Lipinski definition) is 1. The Morgan fingerprint density at radius 2 is 2.30 bits per heavy atom. The van der Waals surface area contributed by atoms with Gasteiger partial charge in [0, 0.05) is 52.1 Å². The standard InChI is InChI=1S/C15H27N5O2.HI/c1-16-15(17-6-9-20-7-3-5-18-20)19-8-4-14(12-19)13-22-11-10-21-2;/h3,5,7,14H,4,6,8-13H2,1-2H3,(H,16,17);1H. The molecule has 2 heterocycles. The Labute approximate surface area is 155 Å². The molecule has 0 aliphatic carbocycles. The maximum Gasteiger partial charge on any atom is 0.193 e. The number of ether oxygens (including phenoxy) is 2. The molecule has 1 fully saturated rings. The Balaban J connectivity index is 0.00000264. The topological polar surface area (TPSA) is 63.9 Å². The number of nitrogens with zero attached hydrogens (tertiary/aromatic N) is 4. The zero-order chi connectivity index (χ0) is 15.6. The molecule has 1 saturated heterocycles. The van der Waals surface area contributed by atoms with Crippen molar-refractivity contribution in [3.63, 3.8) is 0 Å². The molecular formula is C15H28IN5O2. The van der Waals surface area contributed by atoms with E-state index in [-0.39, 0.29) is 24.0 Å². The highest BCUT2D eigenvalue weighted by Gasteiger charge is 2.24. The van der Waals surface area contributed by atoms with Gasteiger partial charge in [0.2, 0.25) is 0 Å². The van der Waals surface area contributed by atoms with Gasteiger partial charge in [-0.05, 0) is 12.5 Å². The first kappa shape index (κ1) is 20.2. The molecule has 1 aliphatic heterocycles. The molecule has 0 spiro atoms. The van der Waals surface area contributed by atoms with Crippen molar-refractivity contribution in [1.82, 2.24) is 20.0 Å². The Morgan fingerprint density at radius 3 is 3.00 bits per heavy atom. The molecule has 23 heavy (non-hydrogen) atoms. The van der Waals surface area contributed by atoms with E-state index in [0.29, 0.717) is 19.1 Å². The predicted octanol–water partition coefficient (Wildman–Crippen LogP) is 1.06. The normalized spacial score (nSPS) is 18.1. The van der Waals surface area contributed by atoms with Crippen molar-refractivity contribution in [2.75, 3.05) is 53.6 Å². The van der Waals surface area contributed by atoms with Crippen LogP contribution >= 0.6 is 24.0 Å². The van der Waals surface area contributed by atoms with E-state index < -0.39 is 0 Å². The summed E-state index contributed by atoms with van der Waals surface area (Å²) in [5.41, 5.74) is 0. The minimum absolute atomic E-state index is 0. The lowest BCUT2D eigenvalue weighted by atomic mass is 10.1. The van der Waals surface area contributed by atoms with Gasteiger partial charge in [0.1, 0.15) is 0 Å². The predicted molar refractivity (Wildman–Crippen MR) is 101 cm³/mol. The van der Waals surface area contributed by atoms with Crippen molar-refractivity contribution in [3.8, 4) is 0 Å². The highest BCUT2D eigenvalue weighted by molar-refractivity contribution is 14.0. The smallest absolute Gasteiger partial charge is 0.193 e. The highest BCUT2D eigenvalue weighted by Crippen LogP contribution is 2.16. The molecule has 0 radical (unpaired) electrons. The number of aliphatic imine (C=N–C) groups is 1. The Bertz CT molecular complexity index is 441. The molecule has 1 atom stereocenters. The van der Waals surface area contributed by atoms with Crippen LogP contribution < -0.4 is 5.32 Å². The van der Waals surface area contributed by atoms with E-state index in [1.54, 1.807) is 13.3 Å². The van der Waals surface area contributed by atoms with Crippen LogP contribution in [0.5, 0.6) is 0 Å². The summed E-state index contributed by atoms with van der Waals surface area (Å²) in [7, 11) is 3.53. The number of rotatable bonds is 8. The second kappa shape index (κ2) is 11.6. The Hall–Kier alpha value is -0.870. The van der Waals surface area contributed by atoms with Gasteiger partial charge in [0.05, 0.1) is 26.4 Å². The van der Waals surface area contributed by atoms with Crippen molar-refractivity contribution in [2.24, 2.45) is 10.9 Å². The summed E-state index contributed by atoms with van der Waals surface area (Å²) in [6.07, 6.45) is 4.91. The van der Waals surface area contributed by atoms with Crippen LogP contribution in [0.3, 0.4) is 0 Å². The van der Waals surface area contributed by atoms with Crippen molar-refractivity contribution < 1.29 is 9.47 Å². The third kappa shape index (κ3) is 7.05. The molecule has 8 heteroatoms. The fraction of sp³-hybridized carbons (Fsp3) is 0.733. The first-order valence-corrected chi connectivity index (χ1v) is 7.83. The zero-order valence-corrected chi connectivity index (χ0v) is 16.3. The Kier molecular flexibility index (Phi) is 10.2. The number of likely N-dealkylation sites (tertiary alicyclic amines) is 1. The largest absolute Gasteiger partial charge is 0.382 e. The molecule has 132 valence electrons. The summed E-state index contributed by atoms with van der Waals surface area (Å²) in [6.45, 7) is 5.80. The van der Waals surface area contributed by atoms with Gasteiger partial charge < -0.3 is 19.7 Å². The molecule has 1 aromatic rings. The zero-order valence-electron chi connectivity index (χ0n) is 14.0. The average Bonchev–Trinajstić information content (AvgIpc) is 3.20. The maximum atomic E-state index is 5.63. The van der Waals surface area contributed by atoms with E-state index in [2.05, 4.69) is 20.3 Å². The van der Waals surface area contributed by atoms with Crippen LogP contribution in [0, 0.1) is 5.92 Å². The third-order valence-corrected chi connectivity index (χ3v) is 3.77. The summed E-state index contributed by atoms with van der Waals surface area (Å²) in [6, 6.07) is 1.93. The molecule has 1 aliphatic rings. The van der Waals surface area contributed by atoms with Gasteiger partial charge in [-0.3, -0.25) is 9.67 Å². The first-order valence-electron chi connectivity index (χ1n) is 7.83. The highest BCUT2D eigenvalue weighted by atomic mass is 127. The lowest BCUT2D eigenvalue weighted by Gasteiger charge is -2.21. The van der Waals surface area contributed by atoms with Crippen LogP contribution in [0.15, 0.2) is 23.5 Å². The summed E-state index contributed by atoms with van der Waals surface area (Å²) >= 11 is 0. The average molecular weight is 437 g/mol. The van der Waals surface area contributed by atoms with Crippen molar-refractivity contribution in [3.05, 3.63) is 18.5 Å². The van der Waals surface area contributed by atoms with Gasteiger partial charge in [0.25, 0.3) is 0 Å². The maximum absolute atomic E-state index is 5.63. The summed E-state index contributed by atoms with van der Waals surface area (Å²) < 4.78 is 12.5. The van der Waals surface area contributed by atoms with Gasteiger partial charge in [-0.2, -0.15) is 5.10 Å². The first-order chi connectivity index (χ1) is 10.8. The van der Waals surface area contributed by atoms with E-state index in [1.165, 1.54) is 0 Å². The van der Waals surface area contributed by atoms with Gasteiger partial charge >= 0.3 is 0 Å². The second-order valence-electron chi connectivity index (χ2n) is 5.41. The summed E-state index contributed by atoms with van der Waals surface area (Å²) in [5, 5.41) is 7.59. The van der Waals surface area contributed by atoms with Crippen LogP contribution in [0.4, 0.5) is 0 Å². The van der Waals surface area contributed by atoms with Gasteiger partial charge in [-0.25, -0.2) is 0 Å². The van der Waals surface area contributed by atoms with Crippen molar-refractivity contribution in [2.45, 2.75) is 13.0 Å². The van der Waals surface area contributed by atoms with Crippen LogP contribution in [0.25, 0.3) is 0 Å². The van der Waals surface area contributed by atoms with E-state index in [4.69, 9.17) is 9.47 Å². The van der Waals surface area contributed by atoms with E-state index in [1.807, 2.05) is 24.0 Å². The van der Waals surface area contributed by atoms with Crippen LogP contribution in [-0.4, -0.2) is 74.3 Å². The molecule has 1 aromatic heterocycles. The fourth-order valence-electron chi connectivity index (χ4n) is 2.60. The van der Waals surface area contributed by atoms with Crippen LogP contribution in [0.1, 0.15) is 6.42 Å². The molecule has 0 saturated carbocycles. The number of methoxy groups -OCH3 is 1. The van der Waals surface area contributed by atoms with Gasteiger partial charge in [-0.1, -0.05) is 0 Å². The molecule has 2 rings (SSSR count). The molecule has 1 unspecified atom stereocenters. The monoisotopic (exact) mass is 437 g/mol. The number of nitrogens with one attached hydrogen (secondary N) is 1. The fourth-order valence-corrected chi connectivity index (χ4v) is 2.60. The molecule has 1 N–H and O–H groups in total. The number of aromatic nitrogens is 2. The quantitative estimate of drug-likeness (QED) is 0.285. The third-order valence-electron chi connectivity index (χ3n) is 3.77. The van der Waals surface area contributed by atoms with Gasteiger partial charge in [-0.15, -0.1) is 24.0 Å². The molecule has 7 nitrogen and oxygen atoms in total. The summed E-state index contributed by atoms with van der Waals surface area (Å²) in [5.74, 6) is 1.54. The molecule has 0 bridgehead atoms. The molecular weight excluding hydrogens is 409 g/mol. The molecule has 0 amide bonds. The molecule has 0 aromatic carbocycles. The minimum Gasteiger partial charge on any atom is -0.382 e. The van der Waals surface area contributed by atoms with E-state index >= 15 is 0 Å². The van der Waals surface area contributed by atoms with Crippen molar-refractivity contribution in [1.29, 1.82) is 0 Å². The van der Waals surface area contributed by atoms with Crippen molar-refractivity contribution >= 4 is 29.9 Å². The van der Waals surface area contributed by atoms with Crippen LogP contribution in [0.2, 0.25) is 0 Å². The lowest BCUT2D eigenvalue weighted by molar-refractivity contribution is 0.0536. The minimum atomic E-state index is 0. The Morgan fingerprint density at radius 1 is 1.43 bits per heavy atom. The number of halogens is 1. The van der Waals surface area contributed by atoms with Gasteiger partial charge in [0.15, 0.2) is 5.96 Å². The van der Waals surface area contributed by atoms with E-state index in [9.17, 15) is 0 Å². The summed E-state index contributed by atoms with van der Waals surface area (Å²) in [4.78, 5) is 6.67.